The van der Waals surface area contributed by atoms with E-state index in [0.29, 0.717) is 11.1 Å². The second kappa shape index (κ2) is 2.24. The molecule has 2 aromatic rings. The van der Waals surface area contributed by atoms with E-state index in [0.717, 1.165) is 10.2 Å². The molecule has 0 saturated heterocycles. The van der Waals surface area contributed by atoms with Crippen molar-refractivity contribution in [1.29, 1.82) is 5.26 Å². The van der Waals surface area contributed by atoms with Crippen LogP contribution >= 0.6 is 0 Å². The molecular weight excluding hydrogens is 154 g/mol. The van der Waals surface area contributed by atoms with Crippen molar-refractivity contribution in [2.24, 2.45) is 0 Å². The zero-order valence-electron chi connectivity index (χ0n) is 6.10. The average molecular weight is 159 g/mol. The van der Waals surface area contributed by atoms with E-state index in [2.05, 4.69) is 5.10 Å². The quantitative estimate of drug-likeness (QED) is 0.586. The molecule has 58 valence electrons. The van der Waals surface area contributed by atoms with Crippen LogP contribution in [0, 0.1) is 11.3 Å². The van der Waals surface area contributed by atoms with Crippen molar-refractivity contribution < 1.29 is 5.21 Å². The molecule has 0 bridgehead atoms. The zero-order chi connectivity index (χ0) is 8.55. The van der Waals surface area contributed by atoms with Crippen LogP contribution in [0.25, 0.3) is 10.9 Å². The highest BCUT2D eigenvalue weighted by Gasteiger charge is 2.00. The van der Waals surface area contributed by atoms with E-state index >= 15 is 0 Å². The van der Waals surface area contributed by atoms with E-state index in [-0.39, 0.29) is 0 Å². The largest absolute Gasteiger partial charge is 0.411 e. The topological polar surface area (TPSA) is 61.8 Å². The van der Waals surface area contributed by atoms with Gasteiger partial charge in [-0.25, -0.2) is 0 Å². The highest BCUT2D eigenvalue weighted by Crippen LogP contribution is 2.13. The van der Waals surface area contributed by atoms with Gasteiger partial charge in [0.25, 0.3) is 0 Å². The van der Waals surface area contributed by atoms with Gasteiger partial charge in [0.05, 0.1) is 17.8 Å². The van der Waals surface area contributed by atoms with Gasteiger partial charge in [0.1, 0.15) is 5.52 Å². The summed E-state index contributed by atoms with van der Waals surface area (Å²) in [6.07, 6.45) is 1.51. The maximum Gasteiger partial charge on any atom is 0.110 e. The van der Waals surface area contributed by atoms with Crippen LogP contribution in [0.2, 0.25) is 0 Å². The second-order valence-electron chi connectivity index (χ2n) is 2.42. The van der Waals surface area contributed by atoms with E-state index < -0.39 is 0 Å². The first-order chi connectivity index (χ1) is 5.81. The van der Waals surface area contributed by atoms with E-state index in [9.17, 15) is 0 Å². The summed E-state index contributed by atoms with van der Waals surface area (Å²) in [6, 6.07) is 6.97. The van der Waals surface area contributed by atoms with Crippen LogP contribution in [0.3, 0.4) is 0 Å². The van der Waals surface area contributed by atoms with Crippen molar-refractivity contribution in [3.63, 3.8) is 0 Å². The smallest absolute Gasteiger partial charge is 0.110 e. The average Bonchev–Trinajstić information content (AvgIpc) is 2.47. The highest BCUT2D eigenvalue weighted by molar-refractivity contribution is 5.79. The minimum absolute atomic E-state index is 0.565. The van der Waals surface area contributed by atoms with Crippen molar-refractivity contribution in [3.05, 3.63) is 30.0 Å². The van der Waals surface area contributed by atoms with Crippen molar-refractivity contribution in [3.8, 4) is 6.07 Å². The minimum atomic E-state index is 0.565. The first kappa shape index (κ1) is 6.68. The van der Waals surface area contributed by atoms with Gasteiger partial charge in [-0.3, -0.25) is 0 Å². The number of rotatable bonds is 0. The second-order valence-corrected chi connectivity index (χ2v) is 2.42. The predicted molar refractivity (Wildman–Crippen MR) is 41.6 cm³/mol. The summed E-state index contributed by atoms with van der Waals surface area (Å²) in [5, 5.41) is 22.1. The van der Waals surface area contributed by atoms with Crippen LogP contribution in [0.15, 0.2) is 24.4 Å². The molecule has 4 nitrogen and oxygen atoms in total. The lowest BCUT2D eigenvalue weighted by Crippen LogP contribution is -1.90. The third-order valence-electron chi connectivity index (χ3n) is 1.68. The van der Waals surface area contributed by atoms with E-state index in [4.69, 9.17) is 10.5 Å². The fraction of sp³-hybridized carbons (Fsp3) is 0. The number of fused-ring (bicyclic) bond motifs is 1. The van der Waals surface area contributed by atoms with Crippen LogP contribution in [0.4, 0.5) is 0 Å². The first-order valence-electron chi connectivity index (χ1n) is 3.38. The molecule has 12 heavy (non-hydrogen) atoms. The lowest BCUT2D eigenvalue weighted by molar-refractivity contribution is 0.161. The van der Waals surface area contributed by atoms with Crippen molar-refractivity contribution in [2.45, 2.75) is 0 Å². The summed E-state index contributed by atoms with van der Waals surface area (Å²) in [5.74, 6) is 0. The van der Waals surface area contributed by atoms with Crippen molar-refractivity contribution in [2.75, 3.05) is 0 Å². The molecule has 0 saturated carbocycles. The summed E-state index contributed by atoms with van der Waals surface area (Å²) in [5.41, 5.74) is 1.17. The van der Waals surface area contributed by atoms with Gasteiger partial charge in [-0.15, -0.1) is 9.94 Å². The molecule has 1 heterocycles. The Kier molecular flexibility index (Phi) is 1.25. The Balaban J connectivity index is 2.80. The highest BCUT2D eigenvalue weighted by atomic mass is 16.5. The number of aromatic nitrogens is 2. The summed E-state index contributed by atoms with van der Waals surface area (Å²) < 4.78 is 0. The lowest BCUT2D eigenvalue weighted by Gasteiger charge is -1.91. The van der Waals surface area contributed by atoms with E-state index in [1.807, 2.05) is 6.07 Å². The third kappa shape index (κ3) is 0.805. The van der Waals surface area contributed by atoms with Gasteiger partial charge >= 0.3 is 0 Å². The Morgan fingerprint density at radius 3 is 3.08 bits per heavy atom. The molecule has 0 radical (unpaired) electrons. The van der Waals surface area contributed by atoms with Gasteiger partial charge in [0, 0.05) is 5.39 Å². The molecule has 1 aromatic carbocycles. The summed E-state index contributed by atoms with van der Waals surface area (Å²) in [6.45, 7) is 0. The van der Waals surface area contributed by atoms with E-state index in [1.54, 1.807) is 18.2 Å². The first-order valence-corrected chi connectivity index (χ1v) is 3.38. The molecule has 1 aromatic heterocycles. The molecule has 0 aliphatic rings. The Labute approximate surface area is 68.2 Å². The fourth-order valence-corrected chi connectivity index (χ4v) is 1.09. The monoisotopic (exact) mass is 159 g/mol. The Hall–Kier alpha value is -2.02. The van der Waals surface area contributed by atoms with Crippen LogP contribution in [0.1, 0.15) is 5.56 Å². The van der Waals surface area contributed by atoms with Gasteiger partial charge < -0.3 is 5.21 Å². The normalized spacial score (nSPS) is 9.92. The summed E-state index contributed by atoms with van der Waals surface area (Å²) in [7, 11) is 0. The van der Waals surface area contributed by atoms with Gasteiger partial charge in [0.2, 0.25) is 0 Å². The van der Waals surface area contributed by atoms with Crippen molar-refractivity contribution in [1.82, 2.24) is 9.94 Å². The molecular formula is C8H5N3O. The van der Waals surface area contributed by atoms with E-state index in [1.165, 1.54) is 6.20 Å². The molecule has 0 aliphatic carbocycles. The molecule has 0 fully saturated rings. The van der Waals surface area contributed by atoms with Crippen LogP contribution < -0.4 is 0 Å². The Morgan fingerprint density at radius 1 is 1.50 bits per heavy atom. The van der Waals surface area contributed by atoms with Crippen LogP contribution in [-0.4, -0.2) is 15.2 Å². The number of hydrogen-bond donors (Lipinski definition) is 1. The molecule has 1 N–H and O–H groups in total. The summed E-state index contributed by atoms with van der Waals surface area (Å²) >= 11 is 0. The molecule has 2 rings (SSSR count). The number of nitriles is 1. The van der Waals surface area contributed by atoms with Gasteiger partial charge in [-0.2, -0.15) is 5.26 Å². The van der Waals surface area contributed by atoms with Gasteiger partial charge in [0.15, 0.2) is 0 Å². The van der Waals surface area contributed by atoms with Gasteiger partial charge in [-0.1, -0.05) is 0 Å². The SMILES string of the molecule is N#Cc1ccc2c(cnn2O)c1. The van der Waals surface area contributed by atoms with Gasteiger partial charge in [-0.05, 0) is 18.2 Å². The zero-order valence-corrected chi connectivity index (χ0v) is 6.10. The maximum atomic E-state index is 9.10. The minimum Gasteiger partial charge on any atom is -0.411 e. The molecule has 0 atom stereocenters. The molecule has 0 amide bonds. The number of hydrogen-bond acceptors (Lipinski definition) is 3. The summed E-state index contributed by atoms with van der Waals surface area (Å²) in [4.78, 5) is 0.788. The van der Waals surface area contributed by atoms with Crippen LogP contribution in [0.5, 0.6) is 0 Å². The van der Waals surface area contributed by atoms with Crippen LogP contribution in [-0.2, 0) is 0 Å². The van der Waals surface area contributed by atoms with Crippen molar-refractivity contribution >= 4 is 10.9 Å². The predicted octanol–water partition coefficient (Wildman–Crippen LogP) is 1.15. The Morgan fingerprint density at radius 2 is 2.33 bits per heavy atom. The maximum absolute atomic E-state index is 9.10. The molecule has 0 unspecified atom stereocenters. The third-order valence-corrected chi connectivity index (χ3v) is 1.68. The Bertz CT molecular complexity index is 467. The lowest BCUT2D eigenvalue weighted by atomic mass is 10.2. The number of nitrogens with zero attached hydrogens (tertiary/aromatic N) is 3. The standard InChI is InChI=1S/C8H5N3O/c9-4-6-1-2-8-7(3-6)5-10-11(8)12/h1-3,5,12H. The molecule has 0 aliphatic heterocycles. The fourth-order valence-electron chi connectivity index (χ4n) is 1.09. The number of benzene rings is 1. The molecule has 4 heteroatoms. The molecule has 0 spiro atoms.